The predicted molar refractivity (Wildman–Crippen MR) is 96.6 cm³/mol. The van der Waals surface area contributed by atoms with Crippen molar-refractivity contribution in [3.63, 3.8) is 0 Å². The number of hydrogen-bond acceptors (Lipinski definition) is 3. The Balaban J connectivity index is 1.72. The second kappa shape index (κ2) is 7.80. The van der Waals surface area contributed by atoms with Gasteiger partial charge in [0, 0.05) is 31.2 Å². The number of piperidine rings is 1. The summed E-state index contributed by atoms with van der Waals surface area (Å²) in [7, 11) is 2.22. The van der Waals surface area contributed by atoms with Crippen LogP contribution in [0.5, 0.6) is 5.75 Å². The van der Waals surface area contributed by atoms with Gasteiger partial charge in [0.25, 0.3) is 0 Å². The lowest BCUT2D eigenvalue weighted by Crippen LogP contribution is -2.50. The highest BCUT2D eigenvalue weighted by molar-refractivity contribution is 9.10. The maximum absolute atomic E-state index is 5.87. The van der Waals surface area contributed by atoms with Crippen LogP contribution in [0.25, 0.3) is 0 Å². The molecular formula is C18H29BrN2O. The second-order valence-corrected chi connectivity index (χ2v) is 8.00. The van der Waals surface area contributed by atoms with Crippen LogP contribution >= 0.6 is 15.9 Å². The molecule has 1 heterocycles. The summed E-state index contributed by atoms with van der Waals surface area (Å²) in [6, 6.07) is 8.71. The molecule has 1 aromatic carbocycles. The van der Waals surface area contributed by atoms with Gasteiger partial charge in [0.2, 0.25) is 0 Å². The fourth-order valence-corrected chi connectivity index (χ4v) is 3.42. The maximum Gasteiger partial charge on any atom is 0.133 e. The monoisotopic (exact) mass is 368 g/mol. The third kappa shape index (κ3) is 4.97. The number of benzene rings is 1. The molecule has 1 aromatic rings. The lowest BCUT2D eigenvalue weighted by atomic mass is 9.97. The summed E-state index contributed by atoms with van der Waals surface area (Å²) in [4.78, 5) is 5.05. The van der Waals surface area contributed by atoms with Gasteiger partial charge in [-0.2, -0.15) is 0 Å². The molecule has 0 N–H and O–H groups in total. The fourth-order valence-electron chi connectivity index (χ4n) is 3.02. The molecular weight excluding hydrogens is 340 g/mol. The van der Waals surface area contributed by atoms with Crippen LogP contribution in [0.4, 0.5) is 0 Å². The van der Waals surface area contributed by atoms with Crippen molar-refractivity contribution in [2.75, 3.05) is 33.3 Å². The standard InChI is InChI=1S/C18H29BrN2O/c1-18(2,3)21-11-9-15(10-12-21)20(4)13-14-22-17-8-6-5-7-16(17)19/h5-8,15H,9-14H2,1-4H3. The lowest BCUT2D eigenvalue weighted by molar-refractivity contribution is 0.0611. The molecule has 0 aliphatic carbocycles. The van der Waals surface area contributed by atoms with E-state index in [0.29, 0.717) is 11.6 Å². The van der Waals surface area contributed by atoms with Crippen LogP contribution in [-0.4, -0.2) is 54.7 Å². The van der Waals surface area contributed by atoms with Crippen molar-refractivity contribution < 1.29 is 4.74 Å². The van der Waals surface area contributed by atoms with E-state index in [1.54, 1.807) is 0 Å². The van der Waals surface area contributed by atoms with Gasteiger partial charge in [-0.05, 0) is 68.7 Å². The highest BCUT2D eigenvalue weighted by Gasteiger charge is 2.28. The maximum atomic E-state index is 5.87. The van der Waals surface area contributed by atoms with E-state index in [1.165, 1.54) is 25.9 Å². The number of likely N-dealkylation sites (tertiary alicyclic amines) is 1. The number of nitrogens with zero attached hydrogens (tertiary/aromatic N) is 2. The third-order valence-corrected chi connectivity index (χ3v) is 5.23. The Morgan fingerprint density at radius 2 is 1.86 bits per heavy atom. The molecule has 124 valence electrons. The van der Waals surface area contributed by atoms with Crippen molar-refractivity contribution >= 4 is 15.9 Å². The first kappa shape index (κ1) is 17.8. The van der Waals surface area contributed by atoms with Crippen molar-refractivity contribution in [3.05, 3.63) is 28.7 Å². The minimum Gasteiger partial charge on any atom is -0.491 e. The topological polar surface area (TPSA) is 15.7 Å². The number of likely N-dealkylation sites (N-methyl/N-ethyl adjacent to an activating group) is 1. The summed E-state index contributed by atoms with van der Waals surface area (Å²) in [6.07, 6.45) is 2.51. The van der Waals surface area contributed by atoms with E-state index in [0.717, 1.165) is 23.4 Å². The zero-order valence-corrected chi connectivity index (χ0v) is 15.9. The van der Waals surface area contributed by atoms with Crippen molar-refractivity contribution in [3.8, 4) is 5.75 Å². The fraction of sp³-hybridized carbons (Fsp3) is 0.667. The second-order valence-electron chi connectivity index (χ2n) is 7.15. The van der Waals surface area contributed by atoms with E-state index >= 15 is 0 Å². The molecule has 0 amide bonds. The van der Waals surface area contributed by atoms with Crippen LogP contribution in [-0.2, 0) is 0 Å². The minimum atomic E-state index is 0.298. The zero-order chi connectivity index (χ0) is 16.2. The van der Waals surface area contributed by atoms with Crippen molar-refractivity contribution in [1.29, 1.82) is 0 Å². The molecule has 1 fully saturated rings. The van der Waals surface area contributed by atoms with Crippen molar-refractivity contribution in [1.82, 2.24) is 9.80 Å². The summed E-state index contributed by atoms with van der Waals surface area (Å²) in [5.41, 5.74) is 0.298. The van der Waals surface area contributed by atoms with Gasteiger partial charge in [-0.1, -0.05) is 12.1 Å². The van der Waals surface area contributed by atoms with E-state index < -0.39 is 0 Å². The average molecular weight is 369 g/mol. The van der Waals surface area contributed by atoms with Crippen LogP contribution < -0.4 is 4.74 Å². The normalized spacial score (nSPS) is 17.9. The van der Waals surface area contributed by atoms with Crippen molar-refractivity contribution in [2.24, 2.45) is 0 Å². The van der Waals surface area contributed by atoms with Crippen LogP contribution in [0.15, 0.2) is 28.7 Å². The molecule has 1 aliphatic rings. The molecule has 1 saturated heterocycles. The van der Waals surface area contributed by atoms with Gasteiger partial charge < -0.3 is 4.74 Å². The third-order valence-electron chi connectivity index (χ3n) is 4.57. The zero-order valence-electron chi connectivity index (χ0n) is 14.3. The highest BCUT2D eigenvalue weighted by atomic mass is 79.9. The lowest BCUT2D eigenvalue weighted by Gasteiger charge is -2.43. The molecule has 0 spiro atoms. The first-order valence-corrected chi connectivity index (χ1v) is 9.00. The smallest absolute Gasteiger partial charge is 0.133 e. The van der Waals surface area contributed by atoms with E-state index in [4.69, 9.17) is 4.74 Å². The van der Waals surface area contributed by atoms with E-state index in [1.807, 2.05) is 24.3 Å². The number of ether oxygens (including phenoxy) is 1. The molecule has 1 aliphatic heterocycles. The van der Waals surface area contributed by atoms with E-state index in [-0.39, 0.29) is 0 Å². The average Bonchev–Trinajstić information content (AvgIpc) is 2.48. The molecule has 0 bridgehead atoms. The Bertz CT molecular complexity index is 464. The number of hydrogen-bond donors (Lipinski definition) is 0. The molecule has 0 atom stereocenters. The largest absolute Gasteiger partial charge is 0.491 e. The van der Waals surface area contributed by atoms with Gasteiger partial charge in [-0.15, -0.1) is 0 Å². The highest BCUT2D eigenvalue weighted by Crippen LogP contribution is 2.24. The minimum absolute atomic E-state index is 0.298. The molecule has 2 rings (SSSR count). The summed E-state index contributed by atoms with van der Waals surface area (Å²) in [5, 5.41) is 0. The van der Waals surface area contributed by atoms with Crippen LogP contribution in [0, 0.1) is 0 Å². The quantitative estimate of drug-likeness (QED) is 0.780. The first-order valence-electron chi connectivity index (χ1n) is 8.20. The Labute approximate surface area is 143 Å². The molecule has 0 aromatic heterocycles. The van der Waals surface area contributed by atoms with Gasteiger partial charge in [-0.25, -0.2) is 0 Å². The summed E-state index contributed by atoms with van der Waals surface area (Å²) >= 11 is 3.52. The number of halogens is 1. The predicted octanol–water partition coefficient (Wildman–Crippen LogP) is 4.02. The Hall–Kier alpha value is -0.580. The Kier molecular flexibility index (Phi) is 6.30. The molecule has 0 radical (unpaired) electrons. The van der Waals surface area contributed by atoms with Gasteiger partial charge in [0.05, 0.1) is 4.47 Å². The van der Waals surface area contributed by atoms with Crippen LogP contribution in [0.2, 0.25) is 0 Å². The first-order chi connectivity index (χ1) is 10.4. The van der Waals surface area contributed by atoms with Crippen molar-refractivity contribution in [2.45, 2.75) is 45.2 Å². The summed E-state index contributed by atoms with van der Waals surface area (Å²) in [5.74, 6) is 0.929. The van der Waals surface area contributed by atoms with Crippen LogP contribution in [0.3, 0.4) is 0 Å². The molecule has 0 unspecified atom stereocenters. The summed E-state index contributed by atoms with van der Waals surface area (Å²) in [6.45, 7) is 11.0. The van der Waals surface area contributed by atoms with Gasteiger partial charge >= 0.3 is 0 Å². The van der Waals surface area contributed by atoms with Gasteiger partial charge in [0.1, 0.15) is 12.4 Å². The van der Waals surface area contributed by atoms with E-state index in [9.17, 15) is 0 Å². The SMILES string of the molecule is CN(CCOc1ccccc1Br)C1CCN(C(C)(C)C)CC1. The Morgan fingerprint density at radius 1 is 1.23 bits per heavy atom. The molecule has 3 nitrogen and oxygen atoms in total. The van der Waals surface area contributed by atoms with E-state index in [2.05, 4.69) is 53.5 Å². The van der Waals surface area contributed by atoms with Gasteiger partial charge in [0.15, 0.2) is 0 Å². The van der Waals surface area contributed by atoms with Crippen LogP contribution in [0.1, 0.15) is 33.6 Å². The summed E-state index contributed by atoms with van der Waals surface area (Å²) < 4.78 is 6.90. The molecule has 22 heavy (non-hydrogen) atoms. The Morgan fingerprint density at radius 3 is 2.45 bits per heavy atom. The molecule has 0 saturated carbocycles. The number of rotatable bonds is 5. The number of para-hydroxylation sites is 1. The molecule has 4 heteroatoms. The van der Waals surface area contributed by atoms with Gasteiger partial charge in [-0.3, -0.25) is 9.80 Å².